The van der Waals surface area contributed by atoms with Crippen LogP contribution in [0.2, 0.25) is 0 Å². The highest BCUT2D eigenvalue weighted by Gasteiger charge is 2.27. The van der Waals surface area contributed by atoms with E-state index >= 15 is 0 Å². The van der Waals surface area contributed by atoms with Crippen LogP contribution in [0, 0.1) is 0 Å². The zero-order chi connectivity index (χ0) is 19.4. The first kappa shape index (κ1) is 18.8. The highest BCUT2D eigenvalue weighted by atomic mass is 16.3. The maximum Gasteiger partial charge on any atom is 0.263 e. The summed E-state index contributed by atoms with van der Waals surface area (Å²) in [5.74, 6) is -0.953. The number of nitrogens with one attached hydrogen (secondary N) is 2. The fourth-order valence-electron chi connectivity index (χ4n) is 3.32. The summed E-state index contributed by atoms with van der Waals surface area (Å²) in [6.07, 6.45) is 3.10. The zero-order valence-corrected chi connectivity index (χ0v) is 15.1. The van der Waals surface area contributed by atoms with Crippen molar-refractivity contribution in [3.8, 4) is 0 Å². The zero-order valence-electron chi connectivity index (χ0n) is 15.1. The lowest BCUT2D eigenvalue weighted by molar-refractivity contribution is 0.0872. The van der Waals surface area contributed by atoms with E-state index < -0.39 is 23.5 Å². The van der Waals surface area contributed by atoms with E-state index in [2.05, 4.69) is 10.6 Å². The minimum atomic E-state index is -0.567. The van der Waals surface area contributed by atoms with Gasteiger partial charge in [0.15, 0.2) is 0 Å². The topological polar surface area (TPSA) is 100 Å². The molecule has 7 nitrogen and oxygen atoms in total. The van der Waals surface area contributed by atoms with E-state index in [0.717, 1.165) is 12.0 Å². The lowest BCUT2D eigenvalue weighted by Gasteiger charge is -2.17. The van der Waals surface area contributed by atoms with Gasteiger partial charge in [-0.25, -0.2) is 0 Å². The van der Waals surface area contributed by atoms with Crippen LogP contribution in [0.15, 0.2) is 47.4 Å². The summed E-state index contributed by atoms with van der Waals surface area (Å²) >= 11 is 0. The lowest BCUT2D eigenvalue weighted by atomic mass is 10.1. The molecule has 27 heavy (non-hydrogen) atoms. The third kappa shape index (κ3) is 4.25. The maximum absolute atomic E-state index is 12.7. The number of nitrogens with zero attached hydrogens (tertiary/aromatic N) is 1. The third-order valence-corrected chi connectivity index (χ3v) is 4.81. The molecule has 2 amide bonds. The molecule has 2 unspecified atom stereocenters. The number of hydrogen-bond acceptors (Lipinski definition) is 4. The van der Waals surface area contributed by atoms with E-state index in [-0.39, 0.29) is 23.7 Å². The Kier molecular flexibility index (Phi) is 5.71. The molecule has 1 heterocycles. The van der Waals surface area contributed by atoms with Crippen molar-refractivity contribution in [3.05, 3.63) is 69.6 Å². The standard InChI is InChI=1S/C20H23N3O4/c1-21-19(26)15-10-14(18(25)22-16-8-5-9-17(16)24)12-23(20(15)27)11-13-6-3-2-4-7-13/h2-4,6-7,10,12,16-17,24H,5,8-9,11H2,1H3,(H,21,26)(H,22,25). The van der Waals surface area contributed by atoms with E-state index in [0.29, 0.717) is 12.8 Å². The molecule has 1 aliphatic rings. The molecule has 2 aromatic rings. The van der Waals surface area contributed by atoms with Crippen LogP contribution in [0.5, 0.6) is 0 Å². The Morgan fingerprint density at radius 3 is 2.56 bits per heavy atom. The quantitative estimate of drug-likeness (QED) is 0.729. The number of aliphatic hydroxyl groups is 1. The van der Waals surface area contributed by atoms with Gasteiger partial charge in [-0.1, -0.05) is 30.3 Å². The van der Waals surface area contributed by atoms with Gasteiger partial charge in [-0.15, -0.1) is 0 Å². The van der Waals surface area contributed by atoms with Gasteiger partial charge in [0.05, 0.1) is 24.3 Å². The van der Waals surface area contributed by atoms with E-state index in [1.54, 1.807) is 0 Å². The number of hydrogen-bond donors (Lipinski definition) is 3. The van der Waals surface area contributed by atoms with Gasteiger partial charge >= 0.3 is 0 Å². The second-order valence-corrected chi connectivity index (χ2v) is 6.72. The van der Waals surface area contributed by atoms with Crippen LogP contribution in [0.3, 0.4) is 0 Å². The van der Waals surface area contributed by atoms with Crippen molar-refractivity contribution in [2.24, 2.45) is 0 Å². The highest BCUT2D eigenvalue weighted by Crippen LogP contribution is 2.19. The molecule has 1 aromatic carbocycles. The molecule has 1 fully saturated rings. The van der Waals surface area contributed by atoms with Crippen molar-refractivity contribution in [2.75, 3.05) is 7.05 Å². The normalized spacial score (nSPS) is 18.9. The average molecular weight is 369 g/mol. The van der Waals surface area contributed by atoms with Crippen LogP contribution in [-0.4, -0.2) is 40.7 Å². The van der Waals surface area contributed by atoms with Crippen LogP contribution >= 0.6 is 0 Å². The minimum Gasteiger partial charge on any atom is -0.391 e. The molecule has 1 aliphatic carbocycles. The van der Waals surface area contributed by atoms with Gasteiger partial charge in [0.25, 0.3) is 17.4 Å². The number of aromatic nitrogens is 1. The number of aliphatic hydroxyl groups excluding tert-OH is 1. The van der Waals surface area contributed by atoms with Gasteiger partial charge in [0.1, 0.15) is 5.56 Å². The molecule has 0 saturated heterocycles. The van der Waals surface area contributed by atoms with E-state index in [1.165, 1.54) is 23.9 Å². The van der Waals surface area contributed by atoms with Gasteiger partial charge in [-0.05, 0) is 30.9 Å². The van der Waals surface area contributed by atoms with Crippen molar-refractivity contribution < 1.29 is 14.7 Å². The van der Waals surface area contributed by atoms with Gasteiger partial charge in [0.2, 0.25) is 0 Å². The smallest absolute Gasteiger partial charge is 0.263 e. The number of rotatable bonds is 5. The van der Waals surface area contributed by atoms with Crippen LogP contribution < -0.4 is 16.2 Å². The number of carbonyl (C=O) groups is 2. The van der Waals surface area contributed by atoms with Gasteiger partial charge in [-0.3, -0.25) is 14.4 Å². The Balaban J connectivity index is 1.95. The number of pyridine rings is 1. The second kappa shape index (κ2) is 8.18. The molecule has 1 saturated carbocycles. The van der Waals surface area contributed by atoms with Crippen LogP contribution in [0.1, 0.15) is 45.5 Å². The fourth-order valence-corrected chi connectivity index (χ4v) is 3.32. The van der Waals surface area contributed by atoms with Crippen LogP contribution in [0.25, 0.3) is 0 Å². The summed E-state index contributed by atoms with van der Waals surface area (Å²) in [4.78, 5) is 37.4. The minimum absolute atomic E-state index is 0.0898. The lowest BCUT2D eigenvalue weighted by Crippen LogP contribution is -2.41. The predicted octanol–water partition coefficient (Wildman–Crippen LogP) is 0.899. The summed E-state index contributed by atoms with van der Waals surface area (Å²) < 4.78 is 1.36. The maximum atomic E-state index is 12.7. The third-order valence-electron chi connectivity index (χ3n) is 4.81. The molecule has 3 rings (SSSR count). The summed E-state index contributed by atoms with van der Waals surface area (Å²) in [7, 11) is 1.44. The molecule has 0 bridgehead atoms. The summed E-state index contributed by atoms with van der Waals surface area (Å²) in [6.45, 7) is 0.247. The molecule has 142 valence electrons. The molecular weight excluding hydrogens is 346 g/mol. The molecule has 7 heteroatoms. The number of amides is 2. The summed E-state index contributed by atoms with van der Waals surface area (Å²) in [5.41, 5.74) is 0.540. The van der Waals surface area contributed by atoms with Gasteiger partial charge < -0.3 is 20.3 Å². The van der Waals surface area contributed by atoms with Crippen LogP contribution in [0.4, 0.5) is 0 Å². The largest absolute Gasteiger partial charge is 0.391 e. The van der Waals surface area contributed by atoms with Gasteiger partial charge in [0, 0.05) is 13.2 Å². The van der Waals surface area contributed by atoms with Crippen molar-refractivity contribution in [1.82, 2.24) is 15.2 Å². The SMILES string of the molecule is CNC(=O)c1cc(C(=O)NC2CCCC2O)cn(Cc2ccccc2)c1=O. The van der Waals surface area contributed by atoms with Crippen molar-refractivity contribution in [2.45, 2.75) is 38.0 Å². The van der Waals surface area contributed by atoms with Crippen molar-refractivity contribution >= 4 is 11.8 Å². The predicted molar refractivity (Wildman–Crippen MR) is 101 cm³/mol. The first-order valence-corrected chi connectivity index (χ1v) is 8.99. The Morgan fingerprint density at radius 1 is 1.19 bits per heavy atom. The Hall–Kier alpha value is -2.93. The Labute approximate surface area is 157 Å². The van der Waals surface area contributed by atoms with Crippen LogP contribution in [-0.2, 0) is 6.54 Å². The van der Waals surface area contributed by atoms with Gasteiger partial charge in [-0.2, -0.15) is 0 Å². The molecule has 0 aliphatic heterocycles. The highest BCUT2D eigenvalue weighted by molar-refractivity contribution is 5.99. The molecule has 1 aromatic heterocycles. The van der Waals surface area contributed by atoms with Crippen molar-refractivity contribution in [1.29, 1.82) is 0 Å². The monoisotopic (exact) mass is 369 g/mol. The summed E-state index contributed by atoms with van der Waals surface area (Å²) in [6, 6.07) is 10.3. The first-order chi connectivity index (χ1) is 13.0. The molecule has 3 N–H and O–H groups in total. The average Bonchev–Trinajstić information content (AvgIpc) is 3.08. The molecular formula is C20H23N3O4. The number of benzene rings is 1. The molecule has 0 radical (unpaired) electrons. The second-order valence-electron chi connectivity index (χ2n) is 6.72. The van der Waals surface area contributed by atoms with E-state index in [4.69, 9.17) is 0 Å². The number of carbonyl (C=O) groups excluding carboxylic acids is 2. The summed E-state index contributed by atoms with van der Waals surface area (Å²) in [5, 5.41) is 15.2. The van der Waals surface area contributed by atoms with Crippen molar-refractivity contribution in [3.63, 3.8) is 0 Å². The first-order valence-electron chi connectivity index (χ1n) is 8.99. The Morgan fingerprint density at radius 2 is 1.93 bits per heavy atom. The molecule has 2 atom stereocenters. The molecule has 0 spiro atoms. The Bertz CT molecular complexity index is 892. The van der Waals surface area contributed by atoms with E-state index in [1.807, 2.05) is 30.3 Å². The van der Waals surface area contributed by atoms with E-state index in [9.17, 15) is 19.5 Å². The fraction of sp³-hybridized carbons (Fsp3) is 0.350.